The summed E-state index contributed by atoms with van der Waals surface area (Å²) in [4.78, 5) is 11.4. The fourth-order valence-electron chi connectivity index (χ4n) is 4.38. The summed E-state index contributed by atoms with van der Waals surface area (Å²) in [6.07, 6.45) is 2.52. The Morgan fingerprint density at radius 2 is 1.83 bits per heavy atom. The van der Waals surface area contributed by atoms with E-state index in [9.17, 15) is 4.79 Å². The van der Waals surface area contributed by atoms with E-state index in [2.05, 4.69) is 13.8 Å². The van der Waals surface area contributed by atoms with Crippen molar-refractivity contribution in [1.82, 2.24) is 0 Å². The molecule has 4 rings (SSSR count). The summed E-state index contributed by atoms with van der Waals surface area (Å²) in [5.41, 5.74) is 0.111. The van der Waals surface area contributed by atoms with E-state index in [4.69, 9.17) is 11.6 Å². The van der Waals surface area contributed by atoms with Gasteiger partial charge in [-0.25, -0.2) is 0 Å². The lowest BCUT2D eigenvalue weighted by molar-refractivity contribution is -0.120. The molecule has 66 valence electrons. The van der Waals surface area contributed by atoms with Crippen molar-refractivity contribution in [3.63, 3.8) is 0 Å². The van der Waals surface area contributed by atoms with Crippen molar-refractivity contribution in [2.45, 2.75) is 26.7 Å². The molecule has 0 aliphatic heterocycles. The largest absolute Gasteiger partial charge is 0.281 e. The summed E-state index contributed by atoms with van der Waals surface area (Å²) >= 11 is 5.73. The third-order valence-corrected chi connectivity index (χ3v) is 5.35. The predicted molar refractivity (Wildman–Crippen MR) is 46.8 cm³/mol. The van der Waals surface area contributed by atoms with Crippen molar-refractivity contribution < 1.29 is 4.79 Å². The molecule has 0 spiro atoms. The van der Waals surface area contributed by atoms with Gasteiger partial charge in [-0.05, 0) is 47.6 Å². The maximum Gasteiger partial charge on any atom is 0.228 e. The molecule has 0 aromatic carbocycles. The van der Waals surface area contributed by atoms with Crippen LogP contribution in [0.5, 0.6) is 0 Å². The van der Waals surface area contributed by atoms with Crippen molar-refractivity contribution in [2.75, 3.05) is 0 Å². The third-order valence-electron chi connectivity index (χ3n) is 5.04. The smallest absolute Gasteiger partial charge is 0.228 e. The molecule has 2 unspecified atom stereocenters. The van der Waals surface area contributed by atoms with Crippen molar-refractivity contribution in [3.8, 4) is 0 Å². The molecule has 4 aliphatic carbocycles. The Morgan fingerprint density at radius 3 is 2.00 bits per heavy atom. The molecule has 1 nitrogen and oxygen atoms in total. The average Bonchev–Trinajstić information content (AvgIpc) is 2.30. The van der Waals surface area contributed by atoms with Gasteiger partial charge in [-0.1, -0.05) is 13.8 Å². The zero-order chi connectivity index (χ0) is 8.72. The van der Waals surface area contributed by atoms with Gasteiger partial charge >= 0.3 is 0 Å². The van der Waals surface area contributed by atoms with Crippen molar-refractivity contribution in [2.24, 2.45) is 28.6 Å². The van der Waals surface area contributed by atoms with Gasteiger partial charge < -0.3 is 0 Å². The first-order chi connectivity index (χ1) is 5.53. The minimum atomic E-state index is -0.0841. The summed E-state index contributed by atoms with van der Waals surface area (Å²) in [5.74, 6) is 2.08. The second-order valence-corrected chi connectivity index (χ2v) is 5.59. The number of carbonyl (C=O) groups is 1. The Labute approximate surface area is 77.5 Å². The van der Waals surface area contributed by atoms with Gasteiger partial charge in [0.15, 0.2) is 0 Å². The van der Waals surface area contributed by atoms with E-state index in [1.165, 1.54) is 12.8 Å². The molecule has 0 saturated heterocycles. The van der Waals surface area contributed by atoms with Gasteiger partial charge in [0.1, 0.15) is 0 Å². The van der Waals surface area contributed by atoms with Gasteiger partial charge in [-0.15, -0.1) is 0 Å². The fraction of sp³-hybridized carbons (Fsp3) is 0.900. The minimum Gasteiger partial charge on any atom is -0.281 e. The third kappa shape index (κ3) is 0.433. The first-order valence-corrected chi connectivity index (χ1v) is 5.10. The lowest BCUT2D eigenvalue weighted by Crippen LogP contribution is -2.29. The molecule has 0 aromatic rings. The second kappa shape index (κ2) is 1.61. The van der Waals surface area contributed by atoms with Gasteiger partial charge in [-0.2, -0.15) is 0 Å². The number of halogens is 1. The standard InChI is InChI=1S/C10H13ClO/c1-9(2)5-3-6-7(4-5)10(6,9)8(11)12/h5-7H,3-4H2,1-2H3. The molecule has 0 heterocycles. The molecule has 0 radical (unpaired) electrons. The van der Waals surface area contributed by atoms with Crippen LogP contribution >= 0.6 is 11.6 Å². The molecule has 4 saturated carbocycles. The lowest BCUT2D eigenvalue weighted by atomic mass is 9.76. The van der Waals surface area contributed by atoms with E-state index in [1.807, 2.05) is 0 Å². The van der Waals surface area contributed by atoms with Crippen LogP contribution in [0.2, 0.25) is 0 Å². The van der Waals surface area contributed by atoms with E-state index in [1.54, 1.807) is 0 Å². The summed E-state index contributed by atoms with van der Waals surface area (Å²) in [7, 11) is 0. The van der Waals surface area contributed by atoms with Crippen LogP contribution in [-0.4, -0.2) is 5.24 Å². The quantitative estimate of drug-likeness (QED) is 0.573. The summed E-state index contributed by atoms with van der Waals surface area (Å²) in [5, 5.41) is -0.0532. The highest BCUT2D eigenvalue weighted by atomic mass is 35.5. The Morgan fingerprint density at radius 1 is 1.33 bits per heavy atom. The van der Waals surface area contributed by atoms with Gasteiger partial charge in [0.05, 0.1) is 5.41 Å². The van der Waals surface area contributed by atoms with Gasteiger partial charge in [0.25, 0.3) is 0 Å². The monoisotopic (exact) mass is 184 g/mol. The van der Waals surface area contributed by atoms with E-state index in [-0.39, 0.29) is 16.1 Å². The Bertz CT molecular complexity index is 270. The first kappa shape index (κ1) is 7.37. The molecule has 4 aliphatic rings. The van der Waals surface area contributed by atoms with E-state index >= 15 is 0 Å². The normalized spacial score (nSPS) is 57.4. The lowest BCUT2D eigenvalue weighted by Gasteiger charge is -2.28. The molecule has 0 N–H and O–H groups in total. The number of carbonyl (C=O) groups excluding carboxylic acids is 1. The molecule has 2 heteroatoms. The molecule has 0 aromatic heterocycles. The van der Waals surface area contributed by atoms with Crippen LogP contribution in [0.4, 0.5) is 0 Å². The van der Waals surface area contributed by atoms with Gasteiger partial charge in [0, 0.05) is 0 Å². The average molecular weight is 185 g/mol. The maximum atomic E-state index is 11.4. The molecule has 0 amide bonds. The SMILES string of the molecule is CC1(C)C2CC3C(C2)C31C(=O)Cl. The number of hydrogen-bond acceptors (Lipinski definition) is 1. The zero-order valence-corrected chi connectivity index (χ0v) is 8.19. The zero-order valence-electron chi connectivity index (χ0n) is 7.43. The van der Waals surface area contributed by atoms with Crippen LogP contribution in [0.1, 0.15) is 26.7 Å². The van der Waals surface area contributed by atoms with Crippen LogP contribution in [0, 0.1) is 28.6 Å². The topological polar surface area (TPSA) is 17.1 Å². The Hall–Kier alpha value is -0.0400. The Balaban J connectivity index is 2.15. The molecule has 4 fully saturated rings. The maximum absolute atomic E-state index is 11.4. The molecule has 12 heavy (non-hydrogen) atoms. The predicted octanol–water partition coefficient (Wildman–Crippen LogP) is 2.43. The summed E-state index contributed by atoms with van der Waals surface area (Å²) < 4.78 is 0. The fourth-order valence-corrected chi connectivity index (χ4v) is 4.90. The molecule has 4 bridgehead atoms. The molecule has 2 atom stereocenters. The van der Waals surface area contributed by atoms with Gasteiger partial charge in [-0.3, -0.25) is 4.79 Å². The van der Waals surface area contributed by atoms with Crippen LogP contribution in [0.15, 0.2) is 0 Å². The molecular weight excluding hydrogens is 172 g/mol. The molecular formula is C10H13ClO. The van der Waals surface area contributed by atoms with Crippen LogP contribution < -0.4 is 0 Å². The van der Waals surface area contributed by atoms with E-state index in [0.717, 1.165) is 5.92 Å². The second-order valence-electron chi connectivity index (χ2n) is 5.25. The van der Waals surface area contributed by atoms with E-state index in [0.29, 0.717) is 11.8 Å². The van der Waals surface area contributed by atoms with Crippen molar-refractivity contribution in [3.05, 3.63) is 0 Å². The Kier molecular flexibility index (Phi) is 0.991. The van der Waals surface area contributed by atoms with Crippen molar-refractivity contribution >= 4 is 16.8 Å². The summed E-state index contributed by atoms with van der Waals surface area (Å²) in [6.45, 7) is 4.45. The summed E-state index contributed by atoms with van der Waals surface area (Å²) in [6, 6.07) is 0. The number of rotatable bonds is 1. The van der Waals surface area contributed by atoms with Crippen LogP contribution in [0.3, 0.4) is 0 Å². The minimum absolute atomic E-state index is 0.0532. The first-order valence-electron chi connectivity index (χ1n) is 4.73. The van der Waals surface area contributed by atoms with Crippen molar-refractivity contribution in [1.29, 1.82) is 0 Å². The highest BCUT2D eigenvalue weighted by molar-refractivity contribution is 6.65. The van der Waals surface area contributed by atoms with E-state index < -0.39 is 0 Å². The van der Waals surface area contributed by atoms with Crippen LogP contribution in [-0.2, 0) is 4.79 Å². The van der Waals surface area contributed by atoms with Crippen LogP contribution in [0.25, 0.3) is 0 Å². The van der Waals surface area contributed by atoms with Gasteiger partial charge in [0.2, 0.25) is 5.24 Å². The highest BCUT2D eigenvalue weighted by Gasteiger charge is 2.85. The highest BCUT2D eigenvalue weighted by Crippen LogP contribution is 2.86. The number of hydrogen-bond donors (Lipinski definition) is 0.